The lowest BCUT2D eigenvalue weighted by atomic mass is 10.1. The Morgan fingerprint density at radius 2 is 1.75 bits per heavy atom. The van der Waals surface area contributed by atoms with E-state index in [-0.39, 0.29) is 0 Å². The molecule has 0 aliphatic heterocycles. The molecule has 20 heavy (non-hydrogen) atoms. The molecule has 1 heterocycles. The van der Waals surface area contributed by atoms with E-state index in [1.807, 2.05) is 30.3 Å². The van der Waals surface area contributed by atoms with Gasteiger partial charge in [0.2, 0.25) is 5.82 Å². The van der Waals surface area contributed by atoms with Gasteiger partial charge in [0, 0.05) is 12.1 Å². The first-order valence-electron chi connectivity index (χ1n) is 6.50. The Morgan fingerprint density at radius 3 is 2.50 bits per heavy atom. The van der Waals surface area contributed by atoms with E-state index in [1.54, 1.807) is 0 Å². The molecule has 0 aliphatic carbocycles. The van der Waals surface area contributed by atoms with Crippen molar-refractivity contribution in [3.63, 3.8) is 0 Å². The summed E-state index contributed by atoms with van der Waals surface area (Å²) < 4.78 is 5.19. The molecule has 0 radical (unpaired) electrons. The number of benzene rings is 2. The predicted molar refractivity (Wildman–Crippen MR) is 78.2 cm³/mol. The second-order valence-electron chi connectivity index (χ2n) is 4.63. The molecular formula is C16H15N3O. The average Bonchev–Trinajstić information content (AvgIpc) is 2.97. The molecule has 4 nitrogen and oxygen atoms in total. The minimum Gasteiger partial charge on any atom is -0.334 e. The van der Waals surface area contributed by atoms with Crippen molar-refractivity contribution in [1.29, 1.82) is 0 Å². The Hall–Kier alpha value is -2.62. The minimum atomic E-state index is 0.435. The van der Waals surface area contributed by atoms with E-state index < -0.39 is 0 Å². The van der Waals surface area contributed by atoms with Crippen LogP contribution < -0.4 is 5.32 Å². The van der Waals surface area contributed by atoms with Gasteiger partial charge in [-0.1, -0.05) is 65.3 Å². The van der Waals surface area contributed by atoms with Crippen LogP contribution in [0.4, 0.5) is 6.01 Å². The number of aromatic nitrogens is 2. The van der Waals surface area contributed by atoms with Gasteiger partial charge in [-0.05, 0) is 12.5 Å². The zero-order valence-electron chi connectivity index (χ0n) is 11.2. The summed E-state index contributed by atoms with van der Waals surface area (Å²) in [6.45, 7) is 2.73. The molecule has 4 heteroatoms. The molecule has 0 unspecified atom stereocenters. The molecule has 0 atom stereocenters. The van der Waals surface area contributed by atoms with Crippen LogP contribution in [0.15, 0.2) is 59.1 Å². The highest BCUT2D eigenvalue weighted by Gasteiger charge is 2.07. The maximum atomic E-state index is 5.19. The van der Waals surface area contributed by atoms with E-state index in [0.717, 1.165) is 5.56 Å². The summed E-state index contributed by atoms with van der Waals surface area (Å²) in [7, 11) is 0. The molecule has 0 saturated heterocycles. The molecular weight excluding hydrogens is 250 g/mol. The first kappa shape index (κ1) is 12.4. The Labute approximate surface area is 117 Å². The van der Waals surface area contributed by atoms with Gasteiger partial charge in [0.15, 0.2) is 0 Å². The third-order valence-electron chi connectivity index (χ3n) is 3.02. The van der Waals surface area contributed by atoms with Gasteiger partial charge in [-0.3, -0.25) is 0 Å². The molecule has 100 valence electrons. The summed E-state index contributed by atoms with van der Waals surface area (Å²) in [6.07, 6.45) is 0. The zero-order valence-corrected chi connectivity index (χ0v) is 11.2. The number of aryl methyl sites for hydroxylation is 1. The van der Waals surface area contributed by atoms with Gasteiger partial charge in [-0.2, -0.15) is 4.98 Å². The van der Waals surface area contributed by atoms with Gasteiger partial charge >= 0.3 is 6.01 Å². The van der Waals surface area contributed by atoms with E-state index in [0.29, 0.717) is 18.4 Å². The van der Waals surface area contributed by atoms with Crippen LogP contribution in [0.1, 0.15) is 11.1 Å². The van der Waals surface area contributed by atoms with Crippen molar-refractivity contribution in [2.45, 2.75) is 13.5 Å². The summed E-state index contributed by atoms with van der Waals surface area (Å²) >= 11 is 0. The highest BCUT2D eigenvalue weighted by Crippen LogP contribution is 2.17. The minimum absolute atomic E-state index is 0.435. The quantitative estimate of drug-likeness (QED) is 0.782. The molecule has 1 aromatic heterocycles. The zero-order chi connectivity index (χ0) is 13.8. The van der Waals surface area contributed by atoms with Crippen molar-refractivity contribution >= 4 is 6.01 Å². The summed E-state index contributed by atoms with van der Waals surface area (Å²) in [5.74, 6) is 0.594. The van der Waals surface area contributed by atoms with E-state index in [2.05, 4.69) is 46.6 Å². The maximum absolute atomic E-state index is 5.19. The maximum Gasteiger partial charge on any atom is 0.322 e. The first-order chi connectivity index (χ1) is 9.81. The lowest BCUT2D eigenvalue weighted by Crippen LogP contribution is -1.99. The van der Waals surface area contributed by atoms with Crippen LogP contribution in [-0.4, -0.2) is 10.1 Å². The Bertz CT molecular complexity index is 674. The Balaban J connectivity index is 1.67. The lowest BCUT2D eigenvalue weighted by molar-refractivity contribution is 0.432. The fourth-order valence-electron chi connectivity index (χ4n) is 1.88. The van der Waals surface area contributed by atoms with E-state index in [4.69, 9.17) is 4.52 Å². The largest absolute Gasteiger partial charge is 0.334 e. The third kappa shape index (κ3) is 2.85. The van der Waals surface area contributed by atoms with Crippen LogP contribution >= 0.6 is 0 Å². The summed E-state index contributed by atoms with van der Waals surface area (Å²) in [6, 6.07) is 18.5. The number of nitrogens with zero attached hydrogens (tertiary/aromatic N) is 2. The Kier molecular flexibility index (Phi) is 3.46. The molecule has 0 amide bonds. The number of hydrogen-bond acceptors (Lipinski definition) is 4. The van der Waals surface area contributed by atoms with Crippen molar-refractivity contribution in [2.75, 3.05) is 5.32 Å². The second-order valence-corrected chi connectivity index (χ2v) is 4.63. The van der Waals surface area contributed by atoms with Gasteiger partial charge in [0.1, 0.15) is 0 Å². The SMILES string of the molecule is Cc1ccc(CNc2nc(-c3ccccc3)no2)cc1. The van der Waals surface area contributed by atoms with E-state index >= 15 is 0 Å². The summed E-state index contributed by atoms with van der Waals surface area (Å²) in [5.41, 5.74) is 3.37. The first-order valence-corrected chi connectivity index (χ1v) is 6.50. The van der Waals surface area contributed by atoms with Crippen LogP contribution in [-0.2, 0) is 6.54 Å². The van der Waals surface area contributed by atoms with Crippen LogP contribution in [0.25, 0.3) is 11.4 Å². The van der Waals surface area contributed by atoms with Crippen LogP contribution in [0.3, 0.4) is 0 Å². The monoisotopic (exact) mass is 265 g/mol. The van der Waals surface area contributed by atoms with Crippen LogP contribution in [0.5, 0.6) is 0 Å². The normalized spacial score (nSPS) is 10.4. The van der Waals surface area contributed by atoms with Crippen molar-refractivity contribution in [2.24, 2.45) is 0 Å². The summed E-state index contributed by atoms with van der Waals surface area (Å²) in [5, 5.41) is 7.09. The van der Waals surface area contributed by atoms with Gasteiger partial charge < -0.3 is 9.84 Å². The van der Waals surface area contributed by atoms with Crippen molar-refractivity contribution in [3.05, 3.63) is 65.7 Å². The number of hydrogen-bond donors (Lipinski definition) is 1. The number of nitrogens with one attached hydrogen (secondary N) is 1. The van der Waals surface area contributed by atoms with E-state index in [9.17, 15) is 0 Å². The highest BCUT2D eigenvalue weighted by molar-refractivity contribution is 5.54. The second kappa shape index (κ2) is 5.57. The van der Waals surface area contributed by atoms with Crippen molar-refractivity contribution in [1.82, 2.24) is 10.1 Å². The smallest absolute Gasteiger partial charge is 0.322 e. The molecule has 3 rings (SSSR count). The standard InChI is InChI=1S/C16H15N3O/c1-12-7-9-13(10-8-12)11-17-16-18-15(19-20-16)14-5-3-2-4-6-14/h2-10H,11H2,1H3,(H,17,18,19). The number of rotatable bonds is 4. The Morgan fingerprint density at radius 1 is 1.00 bits per heavy atom. The van der Waals surface area contributed by atoms with Crippen molar-refractivity contribution < 1.29 is 4.52 Å². The topological polar surface area (TPSA) is 51.0 Å². The van der Waals surface area contributed by atoms with Gasteiger partial charge in [-0.15, -0.1) is 0 Å². The molecule has 0 aliphatic rings. The van der Waals surface area contributed by atoms with Gasteiger partial charge in [0.05, 0.1) is 0 Å². The number of anilines is 1. The molecule has 3 aromatic rings. The van der Waals surface area contributed by atoms with Crippen molar-refractivity contribution in [3.8, 4) is 11.4 Å². The van der Waals surface area contributed by atoms with Gasteiger partial charge in [-0.25, -0.2) is 0 Å². The van der Waals surface area contributed by atoms with Gasteiger partial charge in [0.25, 0.3) is 0 Å². The third-order valence-corrected chi connectivity index (χ3v) is 3.02. The van der Waals surface area contributed by atoms with Crippen LogP contribution in [0.2, 0.25) is 0 Å². The predicted octanol–water partition coefficient (Wildman–Crippen LogP) is 3.66. The molecule has 0 bridgehead atoms. The average molecular weight is 265 g/mol. The summed E-state index contributed by atoms with van der Waals surface area (Å²) in [4.78, 5) is 4.32. The fourth-order valence-corrected chi connectivity index (χ4v) is 1.88. The highest BCUT2D eigenvalue weighted by atomic mass is 16.5. The lowest BCUT2D eigenvalue weighted by Gasteiger charge is -2.01. The molecule has 1 N–H and O–H groups in total. The van der Waals surface area contributed by atoms with Crippen LogP contribution in [0, 0.1) is 6.92 Å². The molecule has 0 saturated carbocycles. The fraction of sp³-hybridized carbons (Fsp3) is 0.125. The van der Waals surface area contributed by atoms with E-state index in [1.165, 1.54) is 11.1 Å². The molecule has 0 spiro atoms. The molecule has 0 fully saturated rings. The molecule has 2 aromatic carbocycles.